The highest BCUT2D eigenvalue weighted by Crippen LogP contribution is 2.47. The molecule has 4 heteroatoms. The van der Waals surface area contributed by atoms with Crippen LogP contribution in [0.2, 0.25) is 0 Å². The molecule has 1 aliphatic carbocycles. The van der Waals surface area contributed by atoms with Gasteiger partial charge >= 0.3 is 5.97 Å². The SMILES string of the molecule is CC(C)c1cc(Br)c(O)c(C2(C(=O)O)CCCC2)c1. The van der Waals surface area contributed by atoms with Crippen molar-refractivity contribution in [3.8, 4) is 5.75 Å². The molecule has 19 heavy (non-hydrogen) atoms. The van der Waals surface area contributed by atoms with Gasteiger partial charge in [0.25, 0.3) is 0 Å². The predicted octanol–water partition coefficient (Wildman–Crippen LogP) is 4.17. The number of halogens is 1. The molecule has 2 rings (SSSR count). The lowest BCUT2D eigenvalue weighted by Crippen LogP contribution is -2.32. The number of aromatic hydroxyl groups is 1. The monoisotopic (exact) mass is 326 g/mol. The molecule has 0 bridgehead atoms. The van der Waals surface area contributed by atoms with Gasteiger partial charge in [-0.25, -0.2) is 0 Å². The van der Waals surface area contributed by atoms with Crippen molar-refractivity contribution >= 4 is 21.9 Å². The van der Waals surface area contributed by atoms with Crippen molar-refractivity contribution in [3.63, 3.8) is 0 Å². The minimum absolute atomic E-state index is 0.0775. The van der Waals surface area contributed by atoms with Gasteiger partial charge in [0.2, 0.25) is 0 Å². The van der Waals surface area contributed by atoms with Crippen LogP contribution in [-0.2, 0) is 10.2 Å². The van der Waals surface area contributed by atoms with Crippen LogP contribution in [0.3, 0.4) is 0 Å². The normalized spacial score (nSPS) is 17.9. The lowest BCUT2D eigenvalue weighted by Gasteiger charge is -2.27. The molecule has 2 N–H and O–H groups in total. The van der Waals surface area contributed by atoms with E-state index in [0.717, 1.165) is 18.4 Å². The van der Waals surface area contributed by atoms with Crippen molar-refractivity contribution in [1.29, 1.82) is 0 Å². The van der Waals surface area contributed by atoms with Gasteiger partial charge in [-0.1, -0.05) is 32.8 Å². The third kappa shape index (κ3) is 2.38. The average molecular weight is 327 g/mol. The Morgan fingerprint density at radius 3 is 2.37 bits per heavy atom. The zero-order chi connectivity index (χ0) is 14.2. The zero-order valence-corrected chi connectivity index (χ0v) is 12.8. The van der Waals surface area contributed by atoms with E-state index in [2.05, 4.69) is 29.8 Å². The Morgan fingerprint density at radius 2 is 1.89 bits per heavy atom. The third-order valence-corrected chi connectivity index (χ3v) is 4.74. The molecule has 1 saturated carbocycles. The minimum atomic E-state index is -0.919. The van der Waals surface area contributed by atoms with Crippen LogP contribution in [0.25, 0.3) is 0 Å². The Labute approximate surface area is 121 Å². The molecule has 0 radical (unpaired) electrons. The van der Waals surface area contributed by atoms with E-state index in [1.165, 1.54) is 0 Å². The number of benzene rings is 1. The molecule has 0 saturated heterocycles. The molecule has 104 valence electrons. The Kier molecular flexibility index (Phi) is 3.90. The summed E-state index contributed by atoms with van der Waals surface area (Å²) in [5, 5.41) is 19.9. The minimum Gasteiger partial charge on any atom is -0.506 e. The second-order valence-corrected chi connectivity index (χ2v) is 6.50. The van der Waals surface area contributed by atoms with Gasteiger partial charge in [0.1, 0.15) is 5.75 Å². The molecule has 0 atom stereocenters. The van der Waals surface area contributed by atoms with Crippen LogP contribution in [0.1, 0.15) is 56.6 Å². The molecule has 1 aliphatic rings. The first-order valence-electron chi connectivity index (χ1n) is 6.65. The van der Waals surface area contributed by atoms with Crippen LogP contribution in [0, 0.1) is 0 Å². The number of phenols is 1. The fraction of sp³-hybridized carbons (Fsp3) is 0.533. The number of carboxylic acids is 1. The van der Waals surface area contributed by atoms with Gasteiger partial charge in [-0.2, -0.15) is 0 Å². The molecule has 0 aromatic heterocycles. The molecule has 1 fully saturated rings. The van der Waals surface area contributed by atoms with E-state index in [1.54, 1.807) is 0 Å². The van der Waals surface area contributed by atoms with Gasteiger partial charge in [0.05, 0.1) is 9.89 Å². The summed E-state index contributed by atoms with van der Waals surface area (Å²) >= 11 is 3.34. The molecule has 1 aromatic rings. The fourth-order valence-corrected chi connectivity index (χ4v) is 3.37. The van der Waals surface area contributed by atoms with E-state index in [4.69, 9.17) is 0 Å². The Bertz CT molecular complexity index is 502. The first-order valence-corrected chi connectivity index (χ1v) is 7.44. The topological polar surface area (TPSA) is 57.5 Å². The number of rotatable bonds is 3. The van der Waals surface area contributed by atoms with Crippen molar-refractivity contribution in [3.05, 3.63) is 27.7 Å². The van der Waals surface area contributed by atoms with E-state index >= 15 is 0 Å². The van der Waals surface area contributed by atoms with Crippen LogP contribution in [0.4, 0.5) is 0 Å². The summed E-state index contributed by atoms with van der Waals surface area (Å²) in [6.45, 7) is 4.12. The van der Waals surface area contributed by atoms with Crippen LogP contribution >= 0.6 is 15.9 Å². The fourth-order valence-electron chi connectivity index (χ4n) is 2.90. The number of hydrogen-bond acceptors (Lipinski definition) is 2. The maximum atomic E-state index is 11.7. The maximum Gasteiger partial charge on any atom is 0.314 e. The summed E-state index contributed by atoms with van der Waals surface area (Å²) in [7, 11) is 0. The first-order chi connectivity index (χ1) is 8.88. The lowest BCUT2D eigenvalue weighted by atomic mass is 9.77. The molecule has 0 spiro atoms. The average Bonchev–Trinajstić information content (AvgIpc) is 2.82. The van der Waals surface area contributed by atoms with Crippen molar-refractivity contribution in [1.82, 2.24) is 0 Å². The van der Waals surface area contributed by atoms with E-state index in [1.807, 2.05) is 12.1 Å². The van der Waals surface area contributed by atoms with Crippen molar-refractivity contribution in [2.75, 3.05) is 0 Å². The summed E-state index contributed by atoms with van der Waals surface area (Å²) in [5.74, 6) is -0.454. The van der Waals surface area contributed by atoms with E-state index in [-0.39, 0.29) is 5.75 Å². The van der Waals surface area contributed by atoms with Gasteiger partial charge in [-0.3, -0.25) is 4.79 Å². The maximum absolute atomic E-state index is 11.7. The summed E-state index contributed by atoms with van der Waals surface area (Å²) in [6, 6.07) is 3.73. The van der Waals surface area contributed by atoms with Crippen LogP contribution in [0.5, 0.6) is 5.75 Å². The number of aliphatic carboxylic acids is 1. The van der Waals surface area contributed by atoms with Crippen molar-refractivity contribution in [2.24, 2.45) is 0 Å². The molecule has 0 aliphatic heterocycles. The molecule has 0 unspecified atom stereocenters. The van der Waals surface area contributed by atoms with E-state index in [9.17, 15) is 15.0 Å². The molecule has 0 heterocycles. The quantitative estimate of drug-likeness (QED) is 0.876. The highest BCUT2D eigenvalue weighted by atomic mass is 79.9. The van der Waals surface area contributed by atoms with Crippen molar-refractivity contribution in [2.45, 2.75) is 50.9 Å². The number of phenolic OH excluding ortho intramolecular Hbond substituents is 1. The second kappa shape index (κ2) is 5.16. The highest BCUT2D eigenvalue weighted by molar-refractivity contribution is 9.10. The smallest absolute Gasteiger partial charge is 0.314 e. The van der Waals surface area contributed by atoms with Gasteiger partial charge < -0.3 is 10.2 Å². The second-order valence-electron chi connectivity index (χ2n) is 5.65. The van der Waals surface area contributed by atoms with Crippen LogP contribution in [0.15, 0.2) is 16.6 Å². The Morgan fingerprint density at radius 1 is 1.32 bits per heavy atom. The molecular formula is C15H19BrO3. The lowest BCUT2D eigenvalue weighted by molar-refractivity contribution is -0.143. The number of carbonyl (C=O) groups is 1. The molecule has 1 aromatic carbocycles. The standard InChI is InChI=1S/C15H19BrO3/c1-9(2)10-7-11(13(17)12(16)8-10)15(14(18)19)5-3-4-6-15/h7-9,17H,3-6H2,1-2H3,(H,18,19). The highest BCUT2D eigenvalue weighted by Gasteiger charge is 2.45. The van der Waals surface area contributed by atoms with Gasteiger partial charge in [0, 0.05) is 5.56 Å². The van der Waals surface area contributed by atoms with Crippen LogP contribution < -0.4 is 0 Å². The first kappa shape index (κ1) is 14.4. The molecule has 0 amide bonds. The molecule has 3 nitrogen and oxygen atoms in total. The summed E-state index contributed by atoms with van der Waals surface area (Å²) in [5.41, 5.74) is 0.695. The Balaban J connectivity index is 2.63. The summed E-state index contributed by atoms with van der Waals surface area (Å²) < 4.78 is 0.584. The number of carboxylic acid groups (broad SMARTS) is 1. The third-order valence-electron chi connectivity index (χ3n) is 4.13. The van der Waals surface area contributed by atoms with Gasteiger partial charge in [-0.05, 0) is 46.3 Å². The Hall–Kier alpha value is -1.03. The van der Waals surface area contributed by atoms with Gasteiger partial charge in [-0.15, -0.1) is 0 Å². The summed E-state index contributed by atoms with van der Waals surface area (Å²) in [4.78, 5) is 11.7. The van der Waals surface area contributed by atoms with Gasteiger partial charge in [0.15, 0.2) is 0 Å². The number of hydrogen-bond donors (Lipinski definition) is 2. The van der Waals surface area contributed by atoms with E-state index < -0.39 is 11.4 Å². The van der Waals surface area contributed by atoms with E-state index in [0.29, 0.717) is 28.8 Å². The summed E-state index contributed by atoms with van der Waals surface area (Å²) in [6.07, 6.45) is 3.00. The largest absolute Gasteiger partial charge is 0.506 e. The van der Waals surface area contributed by atoms with Crippen LogP contribution in [-0.4, -0.2) is 16.2 Å². The zero-order valence-electron chi connectivity index (χ0n) is 11.2. The van der Waals surface area contributed by atoms with Crippen molar-refractivity contribution < 1.29 is 15.0 Å². The molecular weight excluding hydrogens is 308 g/mol. The predicted molar refractivity (Wildman–Crippen MR) is 77.7 cm³/mol.